The van der Waals surface area contributed by atoms with Crippen LogP contribution in [0.1, 0.15) is 27.7 Å². The van der Waals surface area contributed by atoms with Gasteiger partial charge in [0.2, 0.25) is 0 Å². The molecule has 2 heterocycles. The highest BCUT2D eigenvalue weighted by atomic mass is 16.7. The molecule has 0 radical (unpaired) electrons. The predicted molar refractivity (Wildman–Crippen MR) is 183 cm³/mol. The van der Waals surface area contributed by atoms with Crippen molar-refractivity contribution in [3.8, 4) is 56.4 Å². The molecular weight excluding hydrogens is 553 g/mol. The van der Waals surface area contributed by atoms with Gasteiger partial charge < -0.3 is 9.31 Å². The fourth-order valence-electron chi connectivity index (χ4n) is 5.52. The Bertz CT molecular complexity index is 1870. The average molecular weight is 588 g/mol. The lowest BCUT2D eigenvalue weighted by Crippen LogP contribution is -2.41. The highest BCUT2D eigenvalue weighted by Gasteiger charge is 2.51. The summed E-state index contributed by atoms with van der Waals surface area (Å²) in [7, 11) is -0.382. The van der Waals surface area contributed by atoms with Crippen molar-refractivity contribution in [3.63, 3.8) is 0 Å². The fourth-order valence-corrected chi connectivity index (χ4v) is 5.52. The molecule has 0 unspecified atom stereocenters. The van der Waals surface area contributed by atoms with E-state index in [2.05, 4.69) is 100 Å². The zero-order valence-corrected chi connectivity index (χ0v) is 25.9. The van der Waals surface area contributed by atoms with Crippen LogP contribution in [0.4, 0.5) is 0 Å². The van der Waals surface area contributed by atoms with Crippen LogP contribution in [0.25, 0.3) is 56.4 Å². The quantitative estimate of drug-likeness (QED) is 0.183. The molecule has 45 heavy (non-hydrogen) atoms. The first-order valence-electron chi connectivity index (χ1n) is 15.3. The van der Waals surface area contributed by atoms with E-state index in [-0.39, 0.29) is 18.3 Å². The number of hydrogen-bond acceptors (Lipinski definition) is 5. The molecule has 0 saturated carbocycles. The van der Waals surface area contributed by atoms with Crippen molar-refractivity contribution in [1.82, 2.24) is 15.0 Å². The van der Waals surface area contributed by atoms with Crippen molar-refractivity contribution in [3.05, 3.63) is 133 Å². The molecule has 5 aromatic carbocycles. The monoisotopic (exact) mass is 587 g/mol. The second-order valence-electron chi connectivity index (χ2n) is 12.4. The maximum atomic E-state index is 6.26. The van der Waals surface area contributed by atoms with Gasteiger partial charge in [0.1, 0.15) is 0 Å². The summed E-state index contributed by atoms with van der Waals surface area (Å²) in [6, 6.07) is 45.5. The number of nitrogens with zero attached hydrogens (tertiary/aromatic N) is 3. The lowest BCUT2D eigenvalue weighted by Gasteiger charge is -2.32. The Hall–Kier alpha value is -4.91. The van der Waals surface area contributed by atoms with Crippen LogP contribution in [0.3, 0.4) is 0 Å². The molecule has 0 spiro atoms. The lowest BCUT2D eigenvalue weighted by molar-refractivity contribution is 0.00578. The van der Waals surface area contributed by atoms with Gasteiger partial charge in [-0.15, -0.1) is 0 Å². The first kappa shape index (κ1) is 28.8. The highest BCUT2D eigenvalue weighted by molar-refractivity contribution is 6.62. The van der Waals surface area contributed by atoms with Gasteiger partial charge in [0.05, 0.1) is 11.2 Å². The first-order valence-corrected chi connectivity index (χ1v) is 15.3. The Labute approximate surface area is 265 Å². The molecule has 7 rings (SSSR count). The molecule has 6 aromatic rings. The van der Waals surface area contributed by atoms with Crippen molar-refractivity contribution in [2.24, 2.45) is 0 Å². The van der Waals surface area contributed by atoms with Gasteiger partial charge in [0.15, 0.2) is 17.5 Å². The van der Waals surface area contributed by atoms with Gasteiger partial charge in [-0.25, -0.2) is 15.0 Å². The molecule has 5 nitrogen and oxygen atoms in total. The van der Waals surface area contributed by atoms with Gasteiger partial charge in [0.25, 0.3) is 0 Å². The Morgan fingerprint density at radius 3 is 1.16 bits per heavy atom. The van der Waals surface area contributed by atoms with E-state index in [4.69, 9.17) is 24.3 Å². The van der Waals surface area contributed by atoms with Crippen molar-refractivity contribution in [1.29, 1.82) is 0 Å². The summed E-state index contributed by atoms with van der Waals surface area (Å²) in [6.45, 7) is 8.31. The number of benzene rings is 5. The Kier molecular flexibility index (Phi) is 7.40. The van der Waals surface area contributed by atoms with E-state index < -0.39 is 0 Å². The summed E-state index contributed by atoms with van der Waals surface area (Å²) >= 11 is 0. The molecule has 0 atom stereocenters. The molecule has 1 saturated heterocycles. The van der Waals surface area contributed by atoms with E-state index >= 15 is 0 Å². The molecule has 1 aliphatic heterocycles. The topological polar surface area (TPSA) is 57.1 Å². The largest absolute Gasteiger partial charge is 0.494 e. The SMILES string of the molecule is CC1(C)OB(c2ccc(-c3ccccc3-c3ccc(-c4nc(-c5ccccc5)nc(-c5ccccc5)n4)cc3)cc2)OC1(C)C. The molecule has 1 fully saturated rings. The van der Waals surface area contributed by atoms with Gasteiger partial charge in [-0.1, -0.05) is 133 Å². The summed E-state index contributed by atoms with van der Waals surface area (Å²) in [5.74, 6) is 1.94. The van der Waals surface area contributed by atoms with Gasteiger partial charge in [-0.2, -0.15) is 0 Å². The van der Waals surface area contributed by atoms with Gasteiger partial charge in [0, 0.05) is 16.7 Å². The summed E-state index contributed by atoms with van der Waals surface area (Å²) in [4.78, 5) is 14.6. The van der Waals surface area contributed by atoms with E-state index in [1.807, 2.05) is 60.7 Å². The van der Waals surface area contributed by atoms with Crippen LogP contribution in [-0.4, -0.2) is 33.3 Å². The minimum atomic E-state index is -0.382. The summed E-state index contributed by atoms with van der Waals surface area (Å²) in [5.41, 5.74) is 7.66. The normalized spacial score (nSPS) is 15.2. The zero-order valence-electron chi connectivity index (χ0n) is 25.9. The molecule has 220 valence electrons. The van der Waals surface area contributed by atoms with E-state index in [0.29, 0.717) is 17.5 Å². The maximum Gasteiger partial charge on any atom is 0.494 e. The molecule has 0 amide bonds. The van der Waals surface area contributed by atoms with Crippen molar-refractivity contribution >= 4 is 12.6 Å². The predicted octanol–water partition coefficient (Wildman–Crippen LogP) is 8.51. The highest BCUT2D eigenvalue weighted by Crippen LogP contribution is 2.37. The van der Waals surface area contributed by atoms with Crippen LogP contribution in [-0.2, 0) is 9.31 Å². The summed E-state index contributed by atoms with van der Waals surface area (Å²) in [5, 5.41) is 0. The Morgan fingerprint density at radius 1 is 0.400 bits per heavy atom. The second kappa shape index (κ2) is 11.5. The van der Waals surface area contributed by atoms with Gasteiger partial charge in [-0.3, -0.25) is 0 Å². The van der Waals surface area contributed by atoms with E-state index in [9.17, 15) is 0 Å². The van der Waals surface area contributed by atoms with Crippen molar-refractivity contribution < 1.29 is 9.31 Å². The number of aromatic nitrogens is 3. The summed E-state index contributed by atoms with van der Waals surface area (Å²) in [6.07, 6.45) is 0. The third-order valence-corrected chi connectivity index (χ3v) is 8.83. The fraction of sp³-hybridized carbons (Fsp3) is 0.154. The second-order valence-corrected chi connectivity index (χ2v) is 12.4. The van der Waals surface area contributed by atoms with E-state index in [0.717, 1.165) is 44.4 Å². The first-order chi connectivity index (χ1) is 21.8. The minimum Gasteiger partial charge on any atom is -0.399 e. The molecular formula is C39H34BN3O2. The van der Waals surface area contributed by atoms with Crippen molar-refractivity contribution in [2.75, 3.05) is 0 Å². The molecule has 0 N–H and O–H groups in total. The van der Waals surface area contributed by atoms with E-state index in [1.165, 1.54) is 0 Å². The molecule has 0 bridgehead atoms. The third kappa shape index (κ3) is 5.71. The number of rotatable bonds is 6. The zero-order chi connectivity index (χ0) is 31.0. The Balaban J connectivity index is 1.20. The van der Waals surface area contributed by atoms with Crippen molar-refractivity contribution in [2.45, 2.75) is 38.9 Å². The van der Waals surface area contributed by atoms with Crippen LogP contribution in [0, 0.1) is 0 Å². The van der Waals surface area contributed by atoms with Crippen LogP contribution < -0.4 is 5.46 Å². The van der Waals surface area contributed by atoms with Gasteiger partial charge >= 0.3 is 7.12 Å². The summed E-state index contributed by atoms with van der Waals surface area (Å²) < 4.78 is 12.5. The smallest absolute Gasteiger partial charge is 0.399 e. The molecule has 1 aliphatic rings. The maximum absolute atomic E-state index is 6.26. The van der Waals surface area contributed by atoms with Crippen LogP contribution in [0.2, 0.25) is 0 Å². The minimum absolute atomic E-state index is 0.372. The standard InChI is InChI=1S/C39H34BN3O2/c1-38(2)39(3,4)45-40(44-38)32-25-23-28(24-26-32)34-18-12-11-17-33(34)27-19-21-31(22-20-27)37-42-35(29-13-7-5-8-14-29)41-36(43-37)30-15-9-6-10-16-30/h5-26H,1-4H3. The van der Waals surface area contributed by atoms with Crippen LogP contribution >= 0.6 is 0 Å². The van der Waals surface area contributed by atoms with E-state index in [1.54, 1.807) is 0 Å². The lowest BCUT2D eigenvalue weighted by atomic mass is 9.78. The van der Waals surface area contributed by atoms with Crippen LogP contribution in [0.15, 0.2) is 133 Å². The number of hydrogen-bond donors (Lipinski definition) is 0. The third-order valence-electron chi connectivity index (χ3n) is 8.83. The molecule has 1 aromatic heterocycles. The van der Waals surface area contributed by atoms with Crippen LogP contribution in [0.5, 0.6) is 0 Å². The Morgan fingerprint density at radius 2 is 0.733 bits per heavy atom. The van der Waals surface area contributed by atoms with Gasteiger partial charge in [-0.05, 0) is 55.4 Å². The molecule has 6 heteroatoms. The molecule has 0 aliphatic carbocycles. The average Bonchev–Trinajstić information content (AvgIpc) is 3.31.